The van der Waals surface area contributed by atoms with Gasteiger partial charge in [0, 0.05) is 0 Å². The van der Waals surface area contributed by atoms with Crippen molar-refractivity contribution in [1.29, 1.82) is 0 Å². The minimum Gasteiger partial charge on any atom is -0.493 e. The first-order chi connectivity index (χ1) is 12.5. The second kappa shape index (κ2) is 9.22. The first-order valence-electron chi connectivity index (χ1n) is 8.67. The minimum atomic E-state index is -0.243. The Balaban J connectivity index is 2.17. The summed E-state index contributed by atoms with van der Waals surface area (Å²) in [6, 6.07) is 8.26. The van der Waals surface area contributed by atoms with Crippen LogP contribution in [0.5, 0.6) is 17.2 Å². The van der Waals surface area contributed by atoms with E-state index < -0.39 is 0 Å². The maximum Gasteiger partial charge on any atom is 0.204 e. The molecule has 0 radical (unpaired) electrons. The molecule has 0 aliphatic heterocycles. The average Bonchev–Trinajstić information content (AvgIpc) is 2.65. The maximum atomic E-state index is 12.9. The number of ether oxygens (including phenoxy) is 3. The topological polar surface area (TPSA) is 44.8 Å². The van der Waals surface area contributed by atoms with E-state index in [1.54, 1.807) is 19.2 Å². The lowest BCUT2D eigenvalue weighted by atomic mass is 9.99. The van der Waals surface area contributed by atoms with Crippen LogP contribution in [0.25, 0.3) is 0 Å². The third-order valence-electron chi connectivity index (χ3n) is 4.21. The van der Waals surface area contributed by atoms with E-state index in [0.29, 0.717) is 35.8 Å². The van der Waals surface area contributed by atoms with Crippen LogP contribution < -0.4 is 14.2 Å². The zero-order chi connectivity index (χ0) is 19.1. The summed E-state index contributed by atoms with van der Waals surface area (Å²) in [5, 5.41) is 0. The molecule has 140 valence electrons. The van der Waals surface area contributed by atoms with Gasteiger partial charge in [0.15, 0.2) is 17.3 Å². The fourth-order valence-corrected chi connectivity index (χ4v) is 2.92. The number of carbonyl (C=O) groups excluding carboxylic acids is 1. The van der Waals surface area contributed by atoms with Crippen molar-refractivity contribution in [3.63, 3.8) is 0 Å². The van der Waals surface area contributed by atoms with Crippen molar-refractivity contribution in [3.05, 3.63) is 52.8 Å². The highest BCUT2D eigenvalue weighted by Crippen LogP contribution is 2.42. The van der Waals surface area contributed by atoms with Crippen molar-refractivity contribution in [1.82, 2.24) is 0 Å². The zero-order valence-electron chi connectivity index (χ0n) is 15.7. The van der Waals surface area contributed by atoms with Gasteiger partial charge >= 0.3 is 0 Å². The molecule has 2 aromatic rings. The number of hydrogen-bond acceptors (Lipinski definition) is 4. The lowest BCUT2D eigenvalue weighted by molar-refractivity contribution is 0.101. The Morgan fingerprint density at radius 2 is 1.77 bits per heavy atom. The van der Waals surface area contributed by atoms with E-state index in [2.05, 4.69) is 0 Å². The molecule has 0 amide bonds. The van der Waals surface area contributed by atoms with Gasteiger partial charge in [0.2, 0.25) is 5.75 Å². The number of aryl methyl sites for hydroxylation is 2. The SMILES string of the molecule is CCc1cc(OC)c(OCCCc2ccc(F)cc2)c(OC)c1C(C)=O. The van der Waals surface area contributed by atoms with E-state index in [0.717, 1.165) is 24.0 Å². The molecular weight excluding hydrogens is 335 g/mol. The van der Waals surface area contributed by atoms with Gasteiger partial charge in [-0.15, -0.1) is 0 Å². The predicted octanol–water partition coefficient (Wildman–Crippen LogP) is 4.62. The van der Waals surface area contributed by atoms with E-state index in [-0.39, 0.29) is 11.6 Å². The highest BCUT2D eigenvalue weighted by Gasteiger charge is 2.23. The molecule has 0 heterocycles. The zero-order valence-corrected chi connectivity index (χ0v) is 15.7. The quantitative estimate of drug-likeness (QED) is 0.483. The minimum absolute atomic E-state index is 0.0717. The van der Waals surface area contributed by atoms with E-state index in [1.165, 1.54) is 26.2 Å². The largest absolute Gasteiger partial charge is 0.493 e. The third-order valence-corrected chi connectivity index (χ3v) is 4.21. The first kappa shape index (κ1) is 19.8. The van der Waals surface area contributed by atoms with Crippen LogP contribution in [0.3, 0.4) is 0 Å². The predicted molar refractivity (Wildman–Crippen MR) is 99.1 cm³/mol. The van der Waals surface area contributed by atoms with Gasteiger partial charge in [0.25, 0.3) is 0 Å². The van der Waals surface area contributed by atoms with Crippen molar-refractivity contribution in [2.45, 2.75) is 33.1 Å². The molecule has 0 aliphatic rings. The third kappa shape index (κ3) is 4.54. The number of rotatable bonds is 9. The second-order valence-corrected chi connectivity index (χ2v) is 5.96. The van der Waals surface area contributed by atoms with E-state index in [9.17, 15) is 9.18 Å². The van der Waals surface area contributed by atoms with Gasteiger partial charge in [-0.1, -0.05) is 19.1 Å². The molecule has 0 spiro atoms. The van der Waals surface area contributed by atoms with Gasteiger partial charge < -0.3 is 14.2 Å². The summed E-state index contributed by atoms with van der Waals surface area (Å²) in [5.41, 5.74) is 2.44. The molecule has 5 heteroatoms. The summed E-state index contributed by atoms with van der Waals surface area (Å²) in [5.74, 6) is 1.09. The standard InChI is InChI=1S/C21H25FO4/c1-5-16-13-18(24-3)20(21(25-4)19(16)14(2)23)26-12-6-7-15-8-10-17(22)11-9-15/h8-11,13H,5-7,12H2,1-4H3. The average molecular weight is 360 g/mol. The highest BCUT2D eigenvalue weighted by molar-refractivity contribution is 5.99. The Hall–Kier alpha value is -2.56. The Morgan fingerprint density at radius 1 is 1.08 bits per heavy atom. The molecule has 0 unspecified atom stereocenters. The lowest BCUT2D eigenvalue weighted by Crippen LogP contribution is -2.08. The maximum absolute atomic E-state index is 12.9. The molecule has 26 heavy (non-hydrogen) atoms. The molecule has 0 N–H and O–H groups in total. The van der Waals surface area contributed by atoms with Crippen LogP contribution in [-0.2, 0) is 12.8 Å². The number of ketones is 1. The van der Waals surface area contributed by atoms with Crippen LogP contribution in [0.4, 0.5) is 4.39 Å². The number of Topliss-reactive ketones (excluding diaryl/α,β-unsaturated/α-hetero) is 1. The fraction of sp³-hybridized carbons (Fsp3) is 0.381. The van der Waals surface area contributed by atoms with E-state index in [4.69, 9.17) is 14.2 Å². The molecule has 2 aromatic carbocycles. The van der Waals surface area contributed by atoms with Crippen LogP contribution in [0.15, 0.2) is 30.3 Å². The number of methoxy groups -OCH3 is 2. The monoisotopic (exact) mass is 360 g/mol. The van der Waals surface area contributed by atoms with Crippen LogP contribution in [-0.4, -0.2) is 26.6 Å². The lowest BCUT2D eigenvalue weighted by Gasteiger charge is -2.19. The Kier molecular flexibility index (Phi) is 7.01. The van der Waals surface area contributed by atoms with Crippen LogP contribution in [0.1, 0.15) is 41.8 Å². The van der Waals surface area contributed by atoms with Crippen LogP contribution in [0, 0.1) is 5.82 Å². The van der Waals surface area contributed by atoms with Crippen molar-refractivity contribution < 1.29 is 23.4 Å². The van der Waals surface area contributed by atoms with E-state index in [1.807, 2.05) is 13.0 Å². The van der Waals surface area contributed by atoms with Gasteiger partial charge in [-0.05, 0) is 55.5 Å². The number of halogens is 1. The van der Waals surface area contributed by atoms with Crippen molar-refractivity contribution in [2.75, 3.05) is 20.8 Å². The highest BCUT2D eigenvalue weighted by atomic mass is 19.1. The van der Waals surface area contributed by atoms with Crippen LogP contribution in [0.2, 0.25) is 0 Å². The number of carbonyl (C=O) groups is 1. The molecule has 0 fully saturated rings. The van der Waals surface area contributed by atoms with Gasteiger partial charge in [-0.2, -0.15) is 0 Å². The molecule has 0 aromatic heterocycles. The number of hydrogen-bond donors (Lipinski definition) is 0. The van der Waals surface area contributed by atoms with Crippen molar-refractivity contribution in [2.24, 2.45) is 0 Å². The molecule has 0 atom stereocenters. The summed E-state index contributed by atoms with van der Waals surface area (Å²) in [7, 11) is 3.08. The van der Waals surface area contributed by atoms with Gasteiger partial charge in [-0.3, -0.25) is 4.79 Å². The van der Waals surface area contributed by atoms with Gasteiger partial charge in [-0.25, -0.2) is 4.39 Å². The van der Waals surface area contributed by atoms with Gasteiger partial charge in [0.1, 0.15) is 5.82 Å². The van der Waals surface area contributed by atoms with Gasteiger partial charge in [0.05, 0.1) is 26.4 Å². The van der Waals surface area contributed by atoms with Crippen LogP contribution >= 0.6 is 0 Å². The molecule has 0 aliphatic carbocycles. The molecule has 0 saturated heterocycles. The van der Waals surface area contributed by atoms with Crippen molar-refractivity contribution >= 4 is 5.78 Å². The summed E-state index contributed by atoms with van der Waals surface area (Å²) < 4.78 is 29.8. The smallest absolute Gasteiger partial charge is 0.204 e. The summed E-state index contributed by atoms with van der Waals surface area (Å²) in [4.78, 5) is 12.1. The normalized spacial score (nSPS) is 10.5. The fourth-order valence-electron chi connectivity index (χ4n) is 2.92. The second-order valence-electron chi connectivity index (χ2n) is 5.96. The Bertz CT molecular complexity index is 754. The molecule has 2 rings (SSSR count). The molecular formula is C21H25FO4. The summed E-state index contributed by atoms with van der Waals surface area (Å²) in [6.07, 6.45) is 2.19. The molecule has 0 saturated carbocycles. The Morgan fingerprint density at radius 3 is 2.31 bits per heavy atom. The summed E-state index contributed by atoms with van der Waals surface area (Å²) >= 11 is 0. The molecule has 4 nitrogen and oxygen atoms in total. The summed E-state index contributed by atoms with van der Waals surface area (Å²) in [6.45, 7) is 3.92. The van der Waals surface area contributed by atoms with E-state index >= 15 is 0 Å². The molecule has 0 bridgehead atoms. The Labute approximate surface area is 153 Å². The number of benzene rings is 2. The first-order valence-corrected chi connectivity index (χ1v) is 8.67. The van der Waals surface area contributed by atoms with Crippen molar-refractivity contribution in [3.8, 4) is 17.2 Å².